The van der Waals surface area contributed by atoms with E-state index in [-0.39, 0.29) is 17.9 Å². The Hall–Kier alpha value is -2.59. The van der Waals surface area contributed by atoms with Crippen molar-refractivity contribution in [3.8, 4) is 0 Å². The van der Waals surface area contributed by atoms with Gasteiger partial charge in [-0.2, -0.15) is 0 Å². The number of nitrogens with one attached hydrogen (secondary N) is 1. The zero-order valence-corrected chi connectivity index (χ0v) is 14.5. The number of nitrogens with zero attached hydrogens (tertiary/aromatic N) is 3. The van der Waals surface area contributed by atoms with Gasteiger partial charge < -0.3 is 10.3 Å². The molecule has 0 aliphatic carbocycles. The number of hydrogen-bond donors (Lipinski definition) is 2. The van der Waals surface area contributed by atoms with Crippen molar-refractivity contribution < 1.29 is 9.59 Å². The first-order valence-electron chi connectivity index (χ1n) is 6.85. The predicted octanol–water partition coefficient (Wildman–Crippen LogP) is 1.04. The molecular formula is C14H13N5O3S2. The summed E-state index contributed by atoms with van der Waals surface area (Å²) in [5.74, 6) is -0.849. The van der Waals surface area contributed by atoms with E-state index in [1.165, 1.54) is 22.2 Å². The topological polar surface area (TPSA) is 120 Å². The normalized spacial score (nSPS) is 10.9. The molecule has 0 atom stereocenters. The lowest BCUT2D eigenvalue weighted by atomic mass is 10.2. The average Bonchev–Trinajstić information content (AvgIpc) is 3.07. The number of rotatable bonds is 4. The molecule has 0 aromatic carbocycles. The molecule has 0 radical (unpaired) electrons. The van der Waals surface area contributed by atoms with Gasteiger partial charge in [0.25, 0.3) is 11.5 Å². The van der Waals surface area contributed by atoms with Crippen LogP contribution in [0.25, 0.3) is 10.2 Å². The van der Waals surface area contributed by atoms with Crippen LogP contribution in [0.4, 0.5) is 5.13 Å². The standard InChI is InChI=1S/C14H13N5O3S2/c1-6-9-12(16-5-19(2)13(9)22)24-10(6)11(21)18-14-17-7(4-23-14)3-8(15)20/h4-5H,3H2,1-2H3,(H2,15,20)(H,17,18,21). The van der Waals surface area contributed by atoms with Gasteiger partial charge >= 0.3 is 0 Å². The molecule has 8 nitrogen and oxygen atoms in total. The van der Waals surface area contributed by atoms with E-state index in [1.807, 2.05) is 0 Å². The number of thiophene rings is 1. The fourth-order valence-corrected chi connectivity index (χ4v) is 3.94. The zero-order chi connectivity index (χ0) is 17.4. The van der Waals surface area contributed by atoms with Gasteiger partial charge in [-0.1, -0.05) is 0 Å². The van der Waals surface area contributed by atoms with Crippen LogP contribution in [0.2, 0.25) is 0 Å². The number of nitrogens with two attached hydrogens (primary N) is 1. The molecule has 0 aliphatic heterocycles. The maximum Gasteiger partial charge on any atom is 0.267 e. The highest BCUT2D eigenvalue weighted by Gasteiger charge is 2.20. The lowest BCUT2D eigenvalue weighted by molar-refractivity contribution is -0.117. The Bertz CT molecular complexity index is 1020. The van der Waals surface area contributed by atoms with E-state index in [0.29, 0.717) is 31.5 Å². The van der Waals surface area contributed by atoms with E-state index in [2.05, 4.69) is 15.3 Å². The van der Waals surface area contributed by atoms with Gasteiger partial charge in [-0.3, -0.25) is 19.7 Å². The SMILES string of the molecule is Cc1c(C(=O)Nc2nc(CC(N)=O)cs2)sc2ncn(C)c(=O)c12. The first-order valence-corrected chi connectivity index (χ1v) is 8.55. The number of anilines is 1. The van der Waals surface area contributed by atoms with Crippen LogP contribution in [-0.2, 0) is 18.3 Å². The summed E-state index contributed by atoms with van der Waals surface area (Å²) in [5.41, 5.74) is 6.03. The summed E-state index contributed by atoms with van der Waals surface area (Å²) in [4.78, 5) is 44.8. The first-order chi connectivity index (χ1) is 11.4. The van der Waals surface area contributed by atoms with Crippen LogP contribution in [-0.4, -0.2) is 26.3 Å². The van der Waals surface area contributed by atoms with Gasteiger partial charge in [0.2, 0.25) is 5.91 Å². The van der Waals surface area contributed by atoms with E-state index < -0.39 is 5.91 Å². The molecule has 3 aromatic heterocycles. The van der Waals surface area contributed by atoms with Crippen molar-refractivity contribution in [3.63, 3.8) is 0 Å². The monoisotopic (exact) mass is 363 g/mol. The summed E-state index contributed by atoms with van der Waals surface area (Å²) in [5, 5.41) is 5.16. The second-order valence-electron chi connectivity index (χ2n) is 5.14. The third-order valence-electron chi connectivity index (χ3n) is 3.34. The molecule has 3 heterocycles. The second kappa shape index (κ2) is 6.13. The molecule has 0 fully saturated rings. The Morgan fingerprint density at radius 1 is 1.42 bits per heavy atom. The predicted molar refractivity (Wildman–Crippen MR) is 92.6 cm³/mol. The minimum absolute atomic E-state index is 0.0221. The Labute approximate surface area is 144 Å². The molecule has 3 aromatic rings. The number of fused-ring (bicyclic) bond motifs is 1. The van der Waals surface area contributed by atoms with Crippen LogP contribution in [0.3, 0.4) is 0 Å². The fraction of sp³-hybridized carbons (Fsp3) is 0.214. The van der Waals surface area contributed by atoms with Gasteiger partial charge in [0.05, 0.1) is 28.7 Å². The number of primary amides is 1. The molecule has 124 valence electrons. The molecule has 24 heavy (non-hydrogen) atoms. The van der Waals surface area contributed by atoms with Crippen molar-refractivity contribution in [1.29, 1.82) is 0 Å². The van der Waals surface area contributed by atoms with Crippen LogP contribution >= 0.6 is 22.7 Å². The lowest BCUT2D eigenvalue weighted by Crippen LogP contribution is -2.17. The first kappa shape index (κ1) is 16.3. The summed E-state index contributed by atoms with van der Waals surface area (Å²) >= 11 is 2.36. The number of hydrogen-bond acceptors (Lipinski definition) is 7. The van der Waals surface area contributed by atoms with E-state index in [1.54, 1.807) is 19.4 Å². The Morgan fingerprint density at radius 3 is 2.88 bits per heavy atom. The van der Waals surface area contributed by atoms with Gasteiger partial charge in [0.1, 0.15) is 4.83 Å². The van der Waals surface area contributed by atoms with Crippen molar-refractivity contribution in [2.24, 2.45) is 12.8 Å². The van der Waals surface area contributed by atoms with Gasteiger partial charge in [-0.15, -0.1) is 22.7 Å². The van der Waals surface area contributed by atoms with Gasteiger partial charge in [-0.25, -0.2) is 9.97 Å². The Morgan fingerprint density at radius 2 is 2.17 bits per heavy atom. The average molecular weight is 363 g/mol. The third kappa shape index (κ3) is 2.93. The number of aromatic nitrogens is 3. The summed E-state index contributed by atoms with van der Waals surface area (Å²) in [6, 6.07) is 0. The molecule has 3 N–H and O–H groups in total. The minimum Gasteiger partial charge on any atom is -0.369 e. The number of carbonyl (C=O) groups excluding carboxylic acids is 2. The van der Waals surface area contributed by atoms with E-state index in [9.17, 15) is 14.4 Å². The van der Waals surface area contributed by atoms with Crippen molar-refractivity contribution in [2.45, 2.75) is 13.3 Å². The van der Waals surface area contributed by atoms with Crippen LogP contribution in [0.1, 0.15) is 20.9 Å². The van der Waals surface area contributed by atoms with Crippen molar-refractivity contribution in [3.05, 3.63) is 38.2 Å². The highest BCUT2D eigenvalue weighted by molar-refractivity contribution is 7.21. The number of carbonyl (C=O) groups is 2. The maximum absolute atomic E-state index is 12.5. The maximum atomic E-state index is 12.5. The summed E-state index contributed by atoms with van der Waals surface area (Å²) in [6.07, 6.45) is 1.45. The quantitative estimate of drug-likeness (QED) is 0.717. The number of amides is 2. The zero-order valence-electron chi connectivity index (χ0n) is 12.8. The van der Waals surface area contributed by atoms with E-state index >= 15 is 0 Å². The lowest BCUT2D eigenvalue weighted by Gasteiger charge is -2.00. The molecule has 3 rings (SSSR count). The minimum atomic E-state index is -0.486. The molecule has 0 saturated heterocycles. The van der Waals surface area contributed by atoms with Crippen LogP contribution < -0.4 is 16.6 Å². The van der Waals surface area contributed by atoms with Crippen molar-refractivity contribution in [2.75, 3.05) is 5.32 Å². The molecule has 10 heteroatoms. The fourth-order valence-electron chi connectivity index (χ4n) is 2.20. The van der Waals surface area contributed by atoms with Crippen LogP contribution in [0, 0.1) is 6.92 Å². The second-order valence-corrected chi connectivity index (χ2v) is 7.00. The summed E-state index contributed by atoms with van der Waals surface area (Å²) < 4.78 is 1.38. The summed E-state index contributed by atoms with van der Waals surface area (Å²) in [6.45, 7) is 1.72. The number of thiazole rings is 1. The molecule has 0 aliphatic rings. The molecule has 0 unspecified atom stereocenters. The number of aryl methyl sites for hydroxylation is 2. The third-order valence-corrected chi connectivity index (χ3v) is 5.35. The van der Waals surface area contributed by atoms with E-state index in [0.717, 1.165) is 11.3 Å². The van der Waals surface area contributed by atoms with Crippen molar-refractivity contribution in [1.82, 2.24) is 14.5 Å². The Kier molecular flexibility index (Phi) is 4.16. The van der Waals surface area contributed by atoms with Crippen molar-refractivity contribution >= 4 is 49.8 Å². The van der Waals surface area contributed by atoms with Crippen LogP contribution in [0.5, 0.6) is 0 Å². The highest BCUT2D eigenvalue weighted by atomic mass is 32.1. The molecular weight excluding hydrogens is 350 g/mol. The largest absolute Gasteiger partial charge is 0.369 e. The van der Waals surface area contributed by atoms with Gasteiger partial charge in [0, 0.05) is 12.4 Å². The molecule has 2 amide bonds. The van der Waals surface area contributed by atoms with Crippen LogP contribution in [0.15, 0.2) is 16.5 Å². The summed E-state index contributed by atoms with van der Waals surface area (Å²) in [7, 11) is 1.61. The van der Waals surface area contributed by atoms with Gasteiger partial charge in [-0.05, 0) is 12.5 Å². The smallest absolute Gasteiger partial charge is 0.267 e. The Balaban J connectivity index is 1.90. The molecule has 0 spiro atoms. The molecule has 0 saturated carbocycles. The highest BCUT2D eigenvalue weighted by Crippen LogP contribution is 2.28. The van der Waals surface area contributed by atoms with E-state index in [4.69, 9.17) is 5.73 Å². The van der Waals surface area contributed by atoms with Gasteiger partial charge in [0.15, 0.2) is 5.13 Å². The molecule has 0 bridgehead atoms.